The molecule has 4 aliphatic rings. The fourth-order valence-corrected chi connectivity index (χ4v) is 5.73. The van der Waals surface area contributed by atoms with Crippen LogP contribution in [0.1, 0.15) is 39.0 Å². The minimum Gasteiger partial charge on any atom is -0.475 e. The first-order valence-electron chi connectivity index (χ1n) is 11.6. The summed E-state index contributed by atoms with van der Waals surface area (Å²) in [6.07, 6.45) is 0.723. The number of hydrogen-bond acceptors (Lipinski definition) is 4. The van der Waals surface area contributed by atoms with Crippen molar-refractivity contribution in [1.82, 2.24) is 19.6 Å². The van der Waals surface area contributed by atoms with E-state index in [4.69, 9.17) is 9.90 Å². The van der Waals surface area contributed by atoms with Gasteiger partial charge in [0.05, 0.1) is 5.41 Å². The van der Waals surface area contributed by atoms with Gasteiger partial charge in [-0.25, -0.2) is 9.59 Å². The Morgan fingerprint density at radius 1 is 1.09 bits per heavy atom. The van der Waals surface area contributed by atoms with Gasteiger partial charge in [0.2, 0.25) is 5.91 Å². The van der Waals surface area contributed by atoms with Gasteiger partial charge in [-0.3, -0.25) is 4.79 Å². The first kappa shape index (κ1) is 25.6. The quantitative estimate of drug-likeness (QED) is 0.676. The van der Waals surface area contributed by atoms with Gasteiger partial charge in [-0.1, -0.05) is 0 Å². The summed E-state index contributed by atoms with van der Waals surface area (Å²) < 4.78 is 31.7. The Labute approximate surface area is 192 Å². The molecule has 33 heavy (non-hydrogen) atoms. The van der Waals surface area contributed by atoms with E-state index in [1.54, 1.807) is 4.90 Å². The third-order valence-corrected chi connectivity index (χ3v) is 7.78. The predicted octanol–water partition coefficient (Wildman–Crippen LogP) is 2.35. The summed E-state index contributed by atoms with van der Waals surface area (Å²) in [4.78, 5) is 43.2. The van der Waals surface area contributed by atoms with Crippen molar-refractivity contribution < 1.29 is 32.7 Å². The number of carboxylic acid groups (broad SMARTS) is 1. The minimum absolute atomic E-state index is 0.0281. The Balaban J connectivity index is 0.000000383. The number of carboxylic acids is 1. The summed E-state index contributed by atoms with van der Waals surface area (Å²) in [7, 11) is 3.63. The number of piperidine rings is 1. The average Bonchev–Trinajstić information content (AvgIpc) is 3.43. The van der Waals surface area contributed by atoms with Gasteiger partial charge in [-0.05, 0) is 58.0 Å². The Morgan fingerprint density at radius 3 is 2.09 bits per heavy atom. The molecule has 3 amide bonds. The van der Waals surface area contributed by atoms with Crippen molar-refractivity contribution in [2.75, 3.05) is 59.9 Å². The molecule has 11 heteroatoms. The van der Waals surface area contributed by atoms with Gasteiger partial charge in [0.1, 0.15) is 0 Å². The maximum absolute atomic E-state index is 13.4. The van der Waals surface area contributed by atoms with E-state index in [0.717, 1.165) is 57.9 Å². The maximum Gasteiger partial charge on any atom is 0.490 e. The number of alkyl halides is 3. The van der Waals surface area contributed by atoms with Crippen LogP contribution in [0.4, 0.5) is 18.0 Å². The molecule has 0 aromatic rings. The normalized spacial score (nSPS) is 27.2. The molecule has 1 unspecified atom stereocenters. The van der Waals surface area contributed by atoms with Gasteiger partial charge in [0.25, 0.3) is 0 Å². The fraction of sp³-hybridized carbons (Fsp3) is 0.864. The van der Waals surface area contributed by atoms with Crippen molar-refractivity contribution >= 4 is 17.9 Å². The van der Waals surface area contributed by atoms with E-state index < -0.39 is 12.1 Å². The summed E-state index contributed by atoms with van der Waals surface area (Å²) >= 11 is 0. The lowest BCUT2D eigenvalue weighted by molar-refractivity contribution is -0.192. The van der Waals surface area contributed by atoms with Gasteiger partial charge in [0, 0.05) is 52.2 Å². The molecule has 1 N–H and O–H groups in total. The first-order chi connectivity index (χ1) is 15.3. The molecular formula is C22H35F3N4O4. The van der Waals surface area contributed by atoms with Crippen molar-refractivity contribution in [1.29, 1.82) is 0 Å². The van der Waals surface area contributed by atoms with Crippen LogP contribution in [0.2, 0.25) is 0 Å². The Hall–Kier alpha value is -2.04. The topological polar surface area (TPSA) is 84.4 Å². The van der Waals surface area contributed by atoms with Crippen LogP contribution >= 0.6 is 0 Å². The van der Waals surface area contributed by atoms with Crippen LogP contribution in [-0.2, 0) is 9.59 Å². The number of fused-ring (bicyclic) bond motifs is 1. The van der Waals surface area contributed by atoms with Crippen molar-refractivity contribution in [3.63, 3.8) is 0 Å². The van der Waals surface area contributed by atoms with Crippen LogP contribution in [0.5, 0.6) is 0 Å². The van der Waals surface area contributed by atoms with Crippen LogP contribution in [0, 0.1) is 16.7 Å². The second-order valence-corrected chi connectivity index (χ2v) is 10.1. The molecule has 0 bridgehead atoms. The predicted molar refractivity (Wildman–Crippen MR) is 114 cm³/mol. The number of carbonyl (C=O) groups excluding carboxylic acids is 2. The highest BCUT2D eigenvalue weighted by molar-refractivity contribution is 5.88. The Morgan fingerprint density at radius 2 is 1.67 bits per heavy atom. The SMILES string of the molecule is CCN1CCC2(CN(C(=O)N(C)C)CC23CCN(CC2CC2)CC3)C1=O.O=C(O)C(F)(F)F. The van der Waals surface area contributed by atoms with Crippen LogP contribution in [0.15, 0.2) is 0 Å². The third-order valence-electron chi connectivity index (χ3n) is 7.78. The number of aliphatic carboxylic acids is 1. The third kappa shape index (κ3) is 5.07. The number of halogens is 3. The summed E-state index contributed by atoms with van der Waals surface area (Å²) in [5.74, 6) is -1.53. The highest BCUT2D eigenvalue weighted by atomic mass is 19.4. The minimum atomic E-state index is -5.08. The number of amides is 3. The molecule has 1 aliphatic carbocycles. The number of urea groups is 1. The molecule has 188 valence electrons. The van der Waals surface area contributed by atoms with E-state index in [1.807, 2.05) is 23.9 Å². The highest BCUT2D eigenvalue weighted by Crippen LogP contribution is 2.58. The molecule has 3 aliphatic heterocycles. The molecule has 2 spiro atoms. The first-order valence-corrected chi connectivity index (χ1v) is 11.6. The van der Waals surface area contributed by atoms with Crippen molar-refractivity contribution in [2.24, 2.45) is 16.7 Å². The zero-order valence-electron chi connectivity index (χ0n) is 19.7. The zero-order valence-corrected chi connectivity index (χ0v) is 19.7. The molecule has 4 rings (SSSR count). The standard InChI is InChI=1S/C20H34N4O2.C2HF3O2/c1-4-23-12-9-20(17(23)25)15-24(18(26)21(2)3)14-19(20)7-10-22(11-8-19)13-16-5-6-16;3-2(4,5)1(6)7/h16H,4-15H2,1-3H3;(H,6,7). The Bertz CT molecular complexity index is 763. The molecule has 4 fully saturated rings. The van der Waals surface area contributed by atoms with Crippen molar-refractivity contribution in [2.45, 2.75) is 45.2 Å². The largest absolute Gasteiger partial charge is 0.490 e. The van der Waals surface area contributed by atoms with Crippen molar-refractivity contribution in [3.8, 4) is 0 Å². The lowest BCUT2D eigenvalue weighted by atomic mass is 9.60. The molecule has 0 aromatic carbocycles. The number of hydrogen-bond donors (Lipinski definition) is 1. The lowest BCUT2D eigenvalue weighted by Gasteiger charge is -2.46. The number of likely N-dealkylation sites (tertiary alicyclic amines) is 3. The van der Waals surface area contributed by atoms with Crippen LogP contribution in [0.25, 0.3) is 0 Å². The average molecular weight is 477 g/mol. The van der Waals surface area contributed by atoms with E-state index in [9.17, 15) is 22.8 Å². The van der Waals surface area contributed by atoms with Crippen LogP contribution in [0.3, 0.4) is 0 Å². The van der Waals surface area contributed by atoms with Crippen LogP contribution < -0.4 is 0 Å². The second-order valence-electron chi connectivity index (χ2n) is 10.1. The molecule has 3 heterocycles. The molecule has 0 aromatic heterocycles. The van der Waals surface area contributed by atoms with Gasteiger partial charge >= 0.3 is 18.2 Å². The van der Waals surface area contributed by atoms with Gasteiger partial charge in [0.15, 0.2) is 0 Å². The second kappa shape index (κ2) is 9.31. The molecule has 3 saturated heterocycles. The van der Waals surface area contributed by atoms with E-state index in [2.05, 4.69) is 11.8 Å². The van der Waals surface area contributed by atoms with E-state index in [0.29, 0.717) is 12.5 Å². The zero-order chi connectivity index (χ0) is 24.6. The molecule has 0 radical (unpaired) electrons. The van der Waals surface area contributed by atoms with E-state index >= 15 is 0 Å². The van der Waals surface area contributed by atoms with Gasteiger partial charge in [-0.15, -0.1) is 0 Å². The summed E-state index contributed by atoms with van der Waals surface area (Å²) in [6.45, 7) is 8.48. The maximum atomic E-state index is 13.4. The highest BCUT2D eigenvalue weighted by Gasteiger charge is 2.65. The molecular weight excluding hydrogens is 441 g/mol. The smallest absolute Gasteiger partial charge is 0.475 e. The number of nitrogens with zero attached hydrogens (tertiary/aromatic N) is 4. The monoisotopic (exact) mass is 476 g/mol. The van der Waals surface area contributed by atoms with Gasteiger partial charge < -0.3 is 24.7 Å². The summed E-state index contributed by atoms with van der Waals surface area (Å²) in [5.41, 5.74) is -0.375. The van der Waals surface area contributed by atoms with E-state index in [1.165, 1.54) is 19.4 Å². The number of carbonyl (C=O) groups is 3. The van der Waals surface area contributed by atoms with E-state index in [-0.39, 0.29) is 16.9 Å². The van der Waals surface area contributed by atoms with Crippen LogP contribution in [-0.4, -0.2) is 109 Å². The summed E-state index contributed by atoms with van der Waals surface area (Å²) in [6, 6.07) is 0.0596. The fourth-order valence-electron chi connectivity index (χ4n) is 5.73. The molecule has 1 atom stereocenters. The molecule has 1 saturated carbocycles. The lowest BCUT2D eigenvalue weighted by Crippen LogP contribution is -2.53. The number of rotatable bonds is 3. The van der Waals surface area contributed by atoms with Crippen molar-refractivity contribution in [3.05, 3.63) is 0 Å². The molecule has 8 nitrogen and oxygen atoms in total. The summed E-state index contributed by atoms with van der Waals surface area (Å²) in [5, 5.41) is 7.12. The van der Waals surface area contributed by atoms with Gasteiger partial charge in [-0.2, -0.15) is 13.2 Å². The Kier molecular flexibility index (Phi) is 7.21.